The van der Waals surface area contributed by atoms with E-state index < -0.39 is 10.8 Å². The zero-order chi connectivity index (χ0) is 12.3. The van der Waals surface area contributed by atoms with E-state index in [0.717, 1.165) is 23.7 Å². The summed E-state index contributed by atoms with van der Waals surface area (Å²) in [6.45, 7) is 2.23. The Morgan fingerprint density at radius 1 is 1.35 bits per heavy atom. The van der Waals surface area contributed by atoms with Crippen LogP contribution in [-0.2, 0) is 10.8 Å². The van der Waals surface area contributed by atoms with Crippen LogP contribution in [0.15, 0.2) is 29.2 Å². The molecule has 3 atom stereocenters. The van der Waals surface area contributed by atoms with Gasteiger partial charge in [0.25, 0.3) is 0 Å². The average Bonchev–Trinajstić information content (AvgIpc) is 2.38. The molecule has 0 bridgehead atoms. The fraction of sp³-hybridized carbons (Fsp3) is 0.571. The van der Waals surface area contributed by atoms with Crippen LogP contribution in [0.2, 0.25) is 0 Å². The quantitative estimate of drug-likeness (QED) is 0.837. The number of hydrogen-bond donors (Lipinski definition) is 1. The Morgan fingerprint density at radius 2 is 2.12 bits per heavy atom. The normalized spacial score (nSPS) is 26.6. The highest BCUT2D eigenvalue weighted by Gasteiger charge is 2.26. The fourth-order valence-electron chi connectivity index (χ4n) is 2.65. The summed E-state index contributed by atoms with van der Waals surface area (Å²) in [7, 11) is -0.929. The largest absolute Gasteiger partial charge is 0.398 e. The molecular weight excluding hydrogens is 230 g/mol. The molecular formula is C14H21NOS. The van der Waals surface area contributed by atoms with Crippen molar-refractivity contribution in [3.8, 4) is 0 Å². The smallest absolute Gasteiger partial charge is 0.0620 e. The van der Waals surface area contributed by atoms with Crippen molar-refractivity contribution in [3.05, 3.63) is 24.3 Å². The highest BCUT2D eigenvalue weighted by Crippen LogP contribution is 2.32. The first-order valence-electron chi connectivity index (χ1n) is 6.47. The Hall–Kier alpha value is -0.830. The van der Waals surface area contributed by atoms with Crippen molar-refractivity contribution in [2.75, 3.05) is 5.73 Å². The van der Waals surface area contributed by atoms with E-state index in [1.54, 1.807) is 0 Å². The Balaban J connectivity index is 2.12. The van der Waals surface area contributed by atoms with Crippen molar-refractivity contribution in [2.45, 2.75) is 49.2 Å². The molecule has 3 unspecified atom stereocenters. The molecule has 94 valence electrons. The van der Waals surface area contributed by atoms with Gasteiger partial charge in [-0.3, -0.25) is 4.21 Å². The van der Waals surface area contributed by atoms with Crippen molar-refractivity contribution in [1.82, 2.24) is 0 Å². The molecule has 1 aliphatic carbocycles. The van der Waals surface area contributed by atoms with Crippen molar-refractivity contribution in [3.63, 3.8) is 0 Å². The monoisotopic (exact) mass is 251 g/mol. The molecule has 1 aliphatic rings. The highest BCUT2D eigenvalue weighted by atomic mass is 32.2. The number of rotatable bonds is 3. The summed E-state index contributed by atoms with van der Waals surface area (Å²) in [5.41, 5.74) is 6.57. The summed E-state index contributed by atoms with van der Waals surface area (Å²) in [6, 6.07) is 7.56. The standard InChI is InChI=1S/C14H21NOS/c1-2-11-6-5-7-12(10-11)17(16)14-9-4-3-8-13(14)15/h3-4,8-9,11-12H,2,5-7,10,15H2,1H3. The molecule has 0 heterocycles. The Morgan fingerprint density at radius 3 is 2.82 bits per heavy atom. The van der Waals surface area contributed by atoms with Crippen LogP contribution in [0.1, 0.15) is 39.0 Å². The summed E-state index contributed by atoms with van der Waals surface area (Å²) in [4.78, 5) is 0.828. The summed E-state index contributed by atoms with van der Waals surface area (Å²) >= 11 is 0. The maximum absolute atomic E-state index is 12.5. The van der Waals surface area contributed by atoms with E-state index >= 15 is 0 Å². The molecule has 1 fully saturated rings. The Bertz CT molecular complexity index is 405. The number of benzene rings is 1. The third-order valence-electron chi connectivity index (χ3n) is 3.75. The third-order valence-corrected chi connectivity index (χ3v) is 5.59. The zero-order valence-electron chi connectivity index (χ0n) is 10.4. The molecule has 0 radical (unpaired) electrons. The number of nitrogens with two attached hydrogens (primary N) is 1. The first-order chi connectivity index (χ1) is 8.22. The van der Waals surface area contributed by atoms with E-state index in [9.17, 15) is 4.21 Å². The van der Waals surface area contributed by atoms with Gasteiger partial charge in [-0.1, -0.05) is 38.3 Å². The van der Waals surface area contributed by atoms with E-state index in [-0.39, 0.29) is 0 Å². The molecule has 0 aliphatic heterocycles. The van der Waals surface area contributed by atoms with Gasteiger partial charge in [-0.15, -0.1) is 0 Å². The minimum absolute atomic E-state index is 0.304. The number of anilines is 1. The second kappa shape index (κ2) is 5.67. The van der Waals surface area contributed by atoms with Gasteiger partial charge < -0.3 is 5.73 Å². The molecule has 1 aromatic rings. The lowest BCUT2D eigenvalue weighted by Crippen LogP contribution is -2.24. The average molecular weight is 251 g/mol. The molecule has 0 aromatic heterocycles. The second-order valence-electron chi connectivity index (χ2n) is 4.90. The first kappa shape index (κ1) is 12.6. The SMILES string of the molecule is CCC1CCCC(S(=O)c2ccccc2N)C1. The summed E-state index contributed by atoms with van der Waals surface area (Å²) < 4.78 is 12.5. The van der Waals surface area contributed by atoms with Crippen LogP contribution in [0.5, 0.6) is 0 Å². The van der Waals surface area contributed by atoms with Crippen LogP contribution < -0.4 is 5.73 Å². The van der Waals surface area contributed by atoms with Crippen molar-refractivity contribution >= 4 is 16.5 Å². The van der Waals surface area contributed by atoms with Crippen LogP contribution in [0, 0.1) is 5.92 Å². The van der Waals surface area contributed by atoms with Gasteiger partial charge in [0.1, 0.15) is 0 Å². The van der Waals surface area contributed by atoms with E-state index in [0.29, 0.717) is 10.9 Å². The number of hydrogen-bond acceptors (Lipinski definition) is 2. The molecule has 1 aromatic carbocycles. The molecule has 1 saturated carbocycles. The molecule has 2 rings (SSSR count). The third kappa shape index (κ3) is 2.89. The van der Waals surface area contributed by atoms with Crippen molar-refractivity contribution in [2.24, 2.45) is 5.92 Å². The number of para-hydroxylation sites is 1. The van der Waals surface area contributed by atoms with Gasteiger partial charge >= 0.3 is 0 Å². The van der Waals surface area contributed by atoms with Crippen LogP contribution in [-0.4, -0.2) is 9.46 Å². The lowest BCUT2D eigenvalue weighted by molar-refractivity contribution is 0.353. The Labute approximate surface area is 106 Å². The molecule has 2 N–H and O–H groups in total. The van der Waals surface area contributed by atoms with Crippen molar-refractivity contribution in [1.29, 1.82) is 0 Å². The molecule has 0 amide bonds. The predicted molar refractivity (Wildman–Crippen MR) is 73.3 cm³/mol. The molecule has 3 heteroatoms. The van der Waals surface area contributed by atoms with Gasteiger partial charge in [-0.2, -0.15) is 0 Å². The molecule has 2 nitrogen and oxygen atoms in total. The summed E-state index contributed by atoms with van der Waals surface area (Å²) in [6.07, 6.45) is 5.89. The van der Waals surface area contributed by atoms with Crippen LogP contribution in [0.25, 0.3) is 0 Å². The minimum atomic E-state index is -0.929. The van der Waals surface area contributed by atoms with Gasteiger partial charge in [0.05, 0.1) is 15.7 Å². The topological polar surface area (TPSA) is 43.1 Å². The number of nitrogen functional groups attached to an aromatic ring is 1. The minimum Gasteiger partial charge on any atom is -0.398 e. The van der Waals surface area contributed by atoms with Crippen LogP contribution in [0.3, 0.4) is 0 Å². The summed E-state index contributed by atoms with van der Waals surface area (Å²) in [5, 5.41) is 0.304. The fourth-order valence-corrected chi connectivity index (χ4v) is 4.35. The van der Waals surface area contributed by atoms with E-state index in [2.05, 4.69) is 6.92 Å². The van der Waals surface area contributed by atoms with Crippen LogP contribution in [0.4, 0.5) is 5.69 Å². The van der Waals surface area contributed by atoms with Gasteiger partial charge in [0, 0.05) is 10.9 Å². The van der Waals surface area contributed by atoms with Gasteiger partial charge in [0.15, 0.2) is 0 Å². The maximum atomic E-state index is 12.5. The first-order valence-corrected chi connectivity index (χ1v) is 7.68. The predicted octanol–water partition coefficient (Wildman–Crippen LogP) is 3.35. The molecule has 0 spiro atoms. The van der Waals surface area contributed by atoms with Gasteiger partial charge in [0.2, 0.25) is 0 Å². The molecule has 17 heavy (non-hydrogen) atoms. The van der Waals surface area contributed by atoms with E-state index in [1.165, 1.54) is 19.3 Å². The maximum Gasteiger partial charge on any atom is 0.0620 e. The van der Waals surface area contributed by atoms with E-state index in [4.69, 9.17) is 5.73 Å². The molecule has 0 saturated heterocycles. The van der Waals surface area contributed by atoms with Gasteiger partial charge in [-0.25, -0.2) is 0 Å². The Kier molecular flexibility index (Phi) is 4.21. The highest BCUT2D eigenvalue weighted by molar-refractivity contribution is 7.85. The van der Waals surface area contributed by atoms with Crippen LogP contribution >= 0.6 is 0 Å². The van der Waals surface area contributed by atoms with Crippen molar-refractivity contribution < 1.29 is 4.21 Å². The lowest BCUT2D eigenvalue weighted by atomic mass is 9.87. The zero-order valence-corrected chi connectivity index (χ0v) is 11.2. The van der Waals surface area contributed by atoms with E-state index in [1.807, 2.05) is 24.3 Å². The summed E-state index contributed by atoms with van der Waals surface area (Å²) in [5.74, 6) is 0.752. The lowest BCUT2D eigenvalue weighted by Gasteiger charge is -2.28. The van der Waals surface area contributed by atoms with Gasteiger partial charge in [-0.05, 0) is 30.9 Å². The second-order valence-corrected chi connectivity index (χ2v) is 6.60.